The van der Waals surface area contributed by atoms with E-state index in [0.29, 0.717) is 12.2 Å². The molecular formula is C6H9N3O4. The summed E-state index contributed by atoms with van der Waals surface area (Å²) < 4.78 is 5.85. The topological polar surface area (TPSA) is 87.8 Å². The lowest BCUT2D eigenvalue weighted by Gasteiger charge is -2.07. The fraction of sp³-hybridized carbons (Fsp3) is 0.333. The van der Waals surface area contributed by atoms with Crippen LogP contribution in [0.25, 0.3) is 0 Å². The van der Waals surface area contributed by atoms with Crippen LogP contribution >= 0.6 is 0 Å². The first-order valence-corrected chi connectivity index (χ1v) is 3.40. The van der Waals surface area contributed by atoms with Gasteiger partial charge in [0.1, 0.15) is 6.61 Å². The van der Waals surface area contributed by atoms with Gasteiger partial charge in [0.05, 0.1) is 11.9 Å². The lowest BCUT2D eigenvalue weighted by atomic mass is 10.5. The monoisotopic (exact) mass is 187 g/mol. The van der Waals surface area contributed by atoms with Crippen molar-refractivity contribution >= 4 is 12.4 Å². The number of anilines is 1. The maximum absolute atomic E-state index is 9.87. The van der Waals surface area contributed by atoms with E-state index in [2.05, 4.69) is 9.72 Å². The summed E-state index contributed by atoms with van der Waals surface area (Å²) in [6, 6.07) is 0. The van der Waals surface area contributed by atoms with Gasteiger partial charge in [-0.15, -0.1) is 0 Å². The maximum atomic E-state index is 9.87. The molecule has 0 aliphatic rings. The molecule has 0 aliphatic heterocycles. The molecule has 1 heterocycles. The molecule has 0 aliphatic carbocycles. The highest BCUT2D eigenvalue weighted by Gasteiger charge is 2.10. The molecule has 1 aromatic heterocycles. The first-order valence-electron chi connectivity index (χ1n) is 3.40. The average molecular weight is 187 g/mol. The highest BCUT2D eigenvalue weighted by molar-refractivity contribution is 5.37. The molecule has 0 aromatic carbocycles. The Morgan fingerprint density at radius 3 is 2.92 bits per heavy atom. The van der Waals surface area contributed by atoms with Crippen LogP contribution in [0, 0.1) is 0 Å². The van der Waals surface area contributed by atoms with E-state index in [1.165, 1.54) is 10.8 Å². The van der Waals surface area contributed by atoms with Crippen LogP contribution in [0.2, 0.25) is 0 Å². The van der Waals surface area contributed by atoms with Gasteiger partial charge in [-0.2, -0.15) is 0 Å². The molecule has 0 amide bonds. The molecule has 0 atom stereocenters. The van der Waals surface area contributed by atoms with Crippen molar-refractivity contribution in [2.75, 3.05) is 5.23 Å². The normalized spacial score (nSPS) is 9.77. The number of ether oxygens (including phenoxy) is 1. The second-order valence-corrected chi connectivity index (χ2v) is 2.31. The summed E-state index contributed by atoms with van der Waals surface area (Å²) in [5, 5.41) is 17.2. The lowest BCUT2D eigenvalue weighted by Crippen LogP contribution is -2.16. The van der Waals surface area contributed by atoms with Gasteiger partial charge in [0.15, 0.2) is 0 Å². The summed E-state index contributed by atoms with van der Waals surface area (Å²) in [7, 11) is 1.56. The van der Waals surface area contributed by atoms with E-state index < -0.39 is 0 Å². The summed E-state index contributed by atoms with van der Waals surface area (Å²) in [6.07, 6.45) is 1.37. The van der Waals surface area contributed by atoms with Gasteiger partial charge in [-0.05, 0) is 0 Å². The molecule has 0 saturated carbocycles. The van der Waals surface area contributed by atoms with E-state index in [4.69, 9.17) is 10.4 Å². The molecule has 0 saturated heterocycles. The third kappa shape index (κ3) is 1.95. The van der Waals surface area contributed by atoms with E-state index in [9.17, 15) is 4.79 Å². The zero-order valence-corrected chi connectivity index (χ0v) is 6.91. The van der Waals surface area contributed by atoms with Crippen LogP contribution in [0.15, 0.2) is 6.20 Å². The zero-order valence-electron chi connectivity index (χ0n) is 6.91. The summed E-state index contributed by atoms with van der Waals surface area (Å²) in [4.78, 5) is 13.5. The predicted molar refractivity (Wildman–Crippen MR) is 40.1 cm³/mol. The predicted octanol–water partition coefficient (Wildman–Crippen LogP) is -0.322. The van der Waals surface area contributed by atoms with Crippen molar-refractivity contribution in [1.82, 2.24) is 9.55 Å². The Bertz CT molecular complexity index is 296. The maximum Gasteiger partial charge on any atom is 0.293 e. The molecule has 0 bridgehead atoms. The van der Waals surface area contributed by atoms with E-state index in [1.54, 1.807) is 7.05 Å². The fourth-order valence-electron chi connectivity index (χ4n) is 0.873. The van der Waals surface area contributed by atoms with Gasteiger partial charge in [0.2, 0.25) is 0 Å². The lowest BCUT2D eigenvalue weighted by molar-refractivity contribution is -0.129. The Hall–Kier alpha value is -1.60. The second kappa shape index (κ2) is 3.87. The highest BCUT2D eigenvalue weighted by atomic mass is 16.8. The smallest absolute Gasteiger partial charge is 0.293 e. The van der Waals surface area contributed by atoms with Gasteiger partial charge in [-0.3, -0.25) is 15.2 Å². The number of carbonyl (C=O) groups excluding carboxylic acids is 1. The molecule has 13 heavy (non-hydrogen) atoms. The molecule has 7 nitrogen and oxygen atoms in total. The molecule has 0 spiro atoms. The molecule has 1 aromatic rings. The number of aromatic nitrogens is 2. The van der Waals surface area contributed by atoms with Crippen molar-refractivity contribution in [2.45, 2.75) is 6.61 Å². The van der Waals surface area contributed by atoms with Crippen molar-refractivity contribution in [3.8, 4) is 0 Å². The van der Waals surface area contributed by atoms with Gasteiger partial charge >= 0.3 is 0 Å². The Morgan fingerprint density at radius 1 is 1.77 bits per heavy atom. The second-order valence-electron chi connectivity index (χ2n) is 2.31. The quantitative estimate of drug-likeness (QED) is 0.496. The molecule has 0 fully saturated rings. The van der Waals surface area contributed by atoms with E-state index in [-0.39, 0.29) is 17.8 Å². The molecule has 0 unspecified atom stereocenters. The van der Waals surface area contributed by atoms with Crippen LogP contribution in [-0.4, -0.2) is 26.4 Å². The minimum atomic E-state index is -0.107. The zero-order chi connectivity index (χ0) is 9.84. The Balaban J connectivity index is 2.80. The summed E-state index contributed by atoms with van der Waals surface area (Å²) in [5.41, 5.74) is 0.551. The molecule has 72 valence electrons. The van der Waals surface area contributed by atoms with Gasteiger partial charge in [0.25, 0.3) is 12.4 Å². The summed E-state index contributed by atoms with van der Waals surface area (Å²) >= 11 is 0. The van der Waals surface area contributed by atoms with E-state index in [1.807, 2.05) is 0 Å². The Labute approximate surface area is 73.7 Å². The van der Waals surface area contributed by atoms with Gasteiger partial charge < -0.3 is 9.30 Å². The molecule has 0 radical (unpaired) electrons. The number of hydrogen-bond donors (Lipinski definition) is 2. The molecule has 2 N–H and O–H groups in total. The van der Waals surface area contributed by atoms with Crippen molar-refractivity contribution in [3.63, 3.8) is 0 Å². The van der Waals surface area contributed by atoms with Crippen LogP contribution in [0.4, 0.5) is 5.95 Å². The Kier molecular flexibility index (Phi) is 2.83. The summed E-state index contributed by atoms with van der Waals surface area (Å²) in [5.74, 6) is -0.0514. The van der Waals surface area contributed by atoms with Gasteiger partial charge in [-0.1, -0.05) is 5.23 Å². The number of hydrogen-bond acceptors (Lipinski definition) is 6. The van der Waals surface area contributed by atoms with Crippen molar-refractivity contribution in [3.05, 3.63) is 11.9 Å². The van der Waals surface area contributed by atoms with Crippen LogP contribution in [0.5, 0.6) is 0 Å². The number of nitrogens with zero attached hydrogens (tertiary/aromatic N) is 3. The number of rotatable bonds is 4. The Morgan fingerprint density at radius 2 is 2.46 bits per heavy atom. The summed E-state index contributed by atoms with van der Waals surface area (Å²) in [6.45, 7) is 0.350. The SMILES string of the molecule is Cn1c(COC=O)cnc1N(O)O. The van der Waals surface area contributed by atoms with E-state index >= 15 is 0 Å². The average Bonchev–Trinajstić information content (AvgIpc) is 2.43. The molecule has 7 heteroatoms. The van der Waals surface area contributed by atoms with Gasteiger partial charge in [0, 0.05) is 7.05 Å². The first kappa shape index (κ1) is 9.49. The fourth-order valence-corrected chi connectivity index (χ4v) is 0.873. The third-order valence-corrected chi connectivity index (χ3v) is 1.54. The standard InChI is InChI=1S/C6H9N3O4/c1-8-5(3-13-4-10)2-7-6(8)9(11)12/h2,4,11-12H,3H2,1H3. The van der Waals surface area contributed by atoms with Crippen LogP contribution in [0.1, 0.15) is 5.69 Å². The van der Waals surface area contributed by atoms with Crippen LogP contribution < -0.4 is 5.23 Å². The molecule has 1 rings (SSSR count). The highest BCUT2D eigenvalue weighted by Crippen LogP contribution is 2.10. The van der Waals surface area contributed by atoms with Crippen LogP contribution in [-0.2, 0) is 23.2 Å². The number of carbonyl (C=O) groups is 1. The van der Waals surface area contributed by atoms with Crippen LogP contribution in [0.3, 0.4) is 0 Å². The third-order valence-electron chi connectivity index (χ3n) is 1.54. The van der Waals surface area contributed by atoms with E-state index in [0.717, 1.165) is 0 Å². The largest absolute Gasteiger partial charge is 0.461 e. The molecular weight excluding hydrogens is 178 g/mol. The minimum Gasteiger partial charge on any atom is -0.461 e. The number of imidazole rings is 1. The van der Waals surface area contributed by atoms with Gasteiger partial charge in [-0.25, -0.2) is 4.98 Å². The first-order chi connectivity index (χ1) is 6.16. The van der Waals surface area contributed by atoms with Crippen molar-refractivity contribution in [2.24, 2.45) is 7.05 Å². The van der Waals surface area contributed by atoms with Crippen molar-refractivity contribution in [1.29, 1.82) is 0 Å². The van der Waals surface area contributed by atoms with Crippen molar-refractivity contribution < 1.29 is 19.9 Å². The minimum absolute atomic E-state index is 0.0425.